The van der Waals surface area contributed by atoms with Gasteiger partial charge in [-0.1, -0.05) is 24.3 Å². The van der Waals surface area contributed by atoms with Crippen LogP contribution in [0.15, 0.2) is 24.3 Å². The Kier molecular flexibility index (Phi) is 4.45. The van der Waals surface area contributed by atoms with Crippen molar-refractivity contribution in [1.29, 1.82) is 0 Å². The van der Waals surface area contributed by atoms with Crippen molar-refractivity contribution in [3.63, 3.8) is 0 Å². The molecule has 108 valence electrons. The summed E-state index contributed by atoms with van der Waals surface area (Å²) in [6.45, 7) is 13.8. The van der Waals surface area contributed by atoms with Crippen molar-refractivity contribution >= 4 is 0 Å². The van der Waals surface area contributed by atoms with Crippen LogP contribution in [0.3, 0.4) is 0 Å². The molecule has 0 aliphatic rings. The molecule has 0 radical (unpaired) electrons. The molecule has 0 spiro atoms. The topological polar surface area (TPSA) is 44.5 Å². The third-order valence-corrected chi connectivity index (χ3v) is 2.82. The van der Waals surface area contributed by atoms with Crippen LogP contribution in [0.1, 0.15) is 59.6 Å². The van der Waals surface area contributed by atoms with Gasteiger partial charge in [0.1, 0.15) is 5.60 Å². The van der Waals surface area contributed by atoms with E-state index in [0.717, 1.165) is 11.1 Å². The third-order valence-electron chi connectivity index (χ3n) is 2.82. The SMILES string of the molecule is CC(C)(C)OOC(C)(C)c1ccc(C(C)(C)N)cc1. The zero-order valence-corrected chi connectivity index (χ0v) is 13.2. The van der Waals surface area contributed by atoms with Gasteiger partial charge in [-0.05, 0) is 59.6 Å². The number of nitrogens with two attached hydrogens (primary N) is 1. The van der Waals surface area contributed by atoms with Crippen molar-refractivity contribution in [3.8, 4) is 0 Å². The van der Waals surface area contributed by atoms with Crippen LogP contribution in [0.5, 0.6) is 0 Å². The van der Waals surface area contributed by atoms with Gasteiger partial charge in [0.2, 0.25) is 0 Å². The van der Waals surface area contributed by atoms with Crippen LogP contribution in [-0.2, 0) is 20.9 Å². The monoisotopic (exact) mass is 265 g/mol. The zero-order chi connectivity index (χ0) is 14.9. The lowest BCUT2D eigenvalue weighted by Gasteiger charge is -2.29. The molecular weight excluding hydrogens is 238 g/mol. The van der Waals surface area contributed by atoms with Crippen LogP contribution in [0, 0.1) is 0 Å². The van der Waals surface area contributed by atoms with Gasteiger partial charge in [-0.25, -0.2) is 9.78 Å². The Hall–Kier alpha value is -0.900. The Bertz CT molecular complexity index is 408. The van der Waals surface area contributed by atoms with Gasteiger partial charge in [-0.2, -0.15) is 0 Å². The first-order valence-electron chi connectivity index (χ1n) is 6.68. The van der Waals surface area contributed by atoms with Gasteiger partial charge in [-0.15, -0.1) is 0 Å². The summed E-state index contributed by atoms with van der Waals surface area (Å²) in [7, 11) is 0. The fraction of sp³-hybridized carbons (Fsp3) is 0.625. The predicted octanol–water partition coefficient (Wildman–Crippen LogP) is 3.86. The molecular formula is C16H27NO2. The molecule has 0 aromatic heterocycles. The largest absolute Gasteiger partial charge is 0.322 e. The van der Waals surface area contributed by atoms with Crippen LogP contribution in [0.2, 0.25) is 0 Å². The predicted molar refractivity (Wildman–Crippen MR) is 78.6 cm³/mol. The highest BCUT2D eigenvalue weighted by Gasteiger charge is 2.26. The number of benzene rings is 1. The van der Waals surface area contributed by atoms with Crippen LogP contribution < -0.4 is 5.73 Å². The van der Waals surface area contributed by atoms with Crippen LogP contribution >= 0.6 is 0 Å². The van der Waals surface area contributed by atoms with E-state index >= 15 is 0 Å². The second kappa shape index (κ2) is 5.23. The first-order valence-corrected chi connectivity index (χ1v) is 6.68. The van der Waals surface area contributed by atoms with Gasteiger partial charge >= 0.3 is 0 Å². The Morgan fingerprint density at radius 2 is 1.16 bits per heavy atom. The normalized spacial score (nSPS) is 13.7. The minimum absolute atomic E-state index is 0.323. The molecule has 1 aromatic rings. The highest BCUT2D eigenvalue weighted by atomic mass is 17.2. The van der Waals surface area contributed by atoms with E-state index in [9.17, 15) is 0 Å². The average Bonchev–Trinajstić information content (AvgIpc) is 2.25. The van der Waals surface area contributed by atoms with Gasteiger partial charge in [0, 0.05) is 5.54 Å². The Balaban J connectivity index is 2.85. The van der Waals surface area contributed by atoms with E-state index in [0.29, 0.717) is 0 Å². The molecule has 1 rings (SSSR count). The van der Waals surface area contributed by atoms with Gasteiger partial charge < -0.3 is 5.73 Å². The Labute approximate surface area is 117 Å². The summed E-state index contributed by atoms with van der Waals surface area (Å²) < 4.78 is 0. The maximum absolute atomic E-state index is 6.08. The first-order chi connectivity index (χ1) is 8.42. The van der Waals surface area contributed by atoms with Gasteiger partial charge in [0.05, 0.1) is 5.60 Å². The number of hydrogen-bond donors (Lipinski definition) is 1. The summed E-state index contributed by atoms with van der Waals surface area (Å²) >= 11 is 0. The number of hydrogen-bond acceptors (Lipinski definition) is 3. The molecule has 0 heterocycles. The molecule has 0 bridgehead atoms. The minimum atomic E-state index is -0.495. The van der Waals surface area contributed by atoms with Gasteiger partial charge in [0.25, 0.3) is 0 Å². The fourth-order valence-corrected chi connectivity index (χ4v) is 1.58. The molecule has 3 heteroatoms. The summed E-state index contributed by atoms with van der Waals surface area (Å²) in [6.07, 6.45) is 0. The Morgan fingerprint density at radius 3 is 1.53 bits per heavy atom. The molecule has 2 N–H and O–H groups in total. The van der Waals surface area contributed by atoms with E-state index in [1.165, 1.54) is 0 Å². The van der Waals surface area contributed by atoms with Gasteiger partial charge in [-0.3, -0.25) is 0 Å². The van der Waals surface area contributed by atoms with E-state index in [1.54, 1.807) is 0 Å². The quantitative estimate of drug-likeness (QED) is 0.664. The summed E-state index contributed by atoms with van der Waals surface area (Å²) in [6, 6.07) is 8.15. The van der Waals surface area contributed by atoms with Crippen LogP contribution in [0.4, 0.5) is 0 Å². The third kappa shape index (κ3) is 4.94. The van der Waals surface area contributed by atoms with Crippen molar-refractivity contribution in [1.82, 2.24) is 0 Å². The molecule has 3 nitrogen and oxygen atoms in total. The summed E-state index contributed by atoms with van der Waals surface area (Å²) in [4.78, 5) is 11.0. The highest BCUT2D eigenvalue weighted by molar-refractivity contribution is 5.29. The lowest BCUT2D eigenvalue weighted by atomic mass is 9.91. The van der Waals surface area contributed by atoms with Crippen molar-refractivity contribution in [2.24, 2.45) is 5.73 Å². The van der Waals surface area contributed by atoms with Crippen LogP contribution in [-0.4, -0.2) is 5.60 Å². The lowest BCUT2D eigenvalue weighted by molar-refractivity contribution is -0.401. The fourth-order valence-electron chi connectivity index (χ4n) is 1.58. The highest BCUT2D eigenvalue weighted by Crippen LogP contribution is 2.28. The summed E-state index contributed by atoms with van der Waals surface area (Å²) in [5.74, 6) is 0. The molecule has 0 unspecified atom stereocenters. The van der Waals surface area contributed by atoms with Crippen LogP contribution in [0.25, 0.3) is 0 Å². The van der Waals surface area contributed by atoms with E-state index in [-0.39, 0.29) is 11.1 Å². The Morgan fingerprint density at radius 1 is 0.737 bits per heavy atom. The van der Waals surface area contributed by atoms with E-state index in [4.69, 9.17) is 15.5 Å². The smallest absolute Gasteiger partial charge is 0.123 e. The maximum Gasteiger partial charge on any atom is 0.123 e. The number of rotatable bonds is 4. The first kappa shape index (κ1) is 16.2. The maximum atomic E-state index is 6.08. The van der Waals surface area contributed by atoms with Crippen molar-refractivity contribution < 1.29 is 9.78 Å². The second-order valence-corrected chi connectivity index (χ2v) is 7.09. The standard InChI is InChI=1S/C16H27NO2/c1-14(2,3)18-19-16(6,7)13-10-8-12(9-11-13)15(4,5)17/h8-11H,17H2,1-7H3. The van der Waals surface area contributed by atoms with Crippen molar-refractivity contribution in [3.05, 3.63) is 35.4 Å². The lowest BCUT2D eigenvalue weighted by Crippen LogP contribution is -2.30. The molecule has 0 saturated heterocycles. The molecule has 0 aliphatic heterocycles. The van der Waals surface area contributed by atoms with E-state index in [1.807, 2.05) is 72.7 Å². The molecule has 1 aromatic carbocycles. The van der Waals surface area contributed by atoms with Crippen molar-refractivity contribution in [2.75, 3.05) is 0 Å². The molecule has 0 amide bonds. The summed E-state index contributed by atoms with van der Waals surface area (Å²) in [5.41, 5.74) is 7.09. The molecule has 0 atom stereocenters. The van der Waals surface area contributed by atoms with Gasteiger partial charge in [0.15, 0.2) is 0 Å². The molecule has 0 saturated carbocycles. The average molecular weight is 265 g/mol. The van der Waals surface area contributed by atoms with E-state index in [2.05, 4.69) is 0 Å². The molecule has 0 fully saturated rings. The second-order valence-electron chi connectivity index (χ2n) is 7.09. The zero-order valence-electron chi connectivity index (χ0n) is 13.2. The van der Waals surface area contributed by atoms with E-state index < -0.39 is 5.60 Å². The molecule has 0 aliphatic carbocycles. The minimum Gasteiger partial charge on any atom is -0.322 e. The van der Waals surface area contributed by atoms with Crippen molar-refractivity contribution in [2.45, 2.75) is 65.2 Å². The summed E-state index contributed by atoms with van der Waals surface area (Å²) in [5, 5.41) is 0. The molecule has 19 heavy (non-hydrogen) atoms.